The van der Waals surface area contributed by atoms with Gasteiger partial charge in [-0.25, -0.2) is 0 Å². The molecule has 0 spiro atoms. The summed E-state index contributed by atoms with van der Waals surface area (Å²) in [4.78, 5) is 10.2. The predicted molar refractivity (Wildman–Crippen MR) is 167 cm³/mol. The van der Waals surface area contributed by atoms with E-state index in [-0.39, 0.29) is 11.6 Å². The Kier molecular flexibility index (Phi) is 14.1. The summed E-state index contributed by atoms with van der Waals surface area (Å²) in [5.41, 5.74) is 6.98. The van der Waals surface area contributed by atoms with Crippen LogP contribution in [0.3, 0.4) is 0 Å². The van der Waals surface area contributed by atoms with Crippen LogP contribution in [0.1, 0.15) is 141 Å². The molecule has 0 unspecified atom stereocenters. The first-order chi connectivity index (χ1) is 19.0. The quantitative estimate of drug-likeness (QED) is 0.229. The number of hydrogen-bond acceptors (Lipinski definition) is 5. The van der Waals surface area contributed by atoms with Crippen LogP contribution in [0.25, 0.3) is 11.3 Å². The Bertz CT molecular complexity index is 1050. The van der Waals surface area contributed by atoms with E-state index in [0.717, 1.165) is 41.8 Å². The maximum Gasteiger partial charge on any atom is 0.303 e. The third-order valence-corrected chi connectivity index (χ3v) is 7.67. The highest BCUT2D eigenvalue weighted by Crippen LogP contribution is 2.45. The molecule has 1 heterocycles. The van der Waals surface area contributed by atoms with Crippen molar-refractivity contribution in [2.45, 2.75) is 144 Å². The number of fused-ring (bicyclic) bond motifs is 3. The lowest BCUT2D eigenvalue weighted by Crippen LogP contribution is -2.21. The first kappa shape index (κ1) is 33.8. The number of esters is 1. The molecule has 1 aromatic heterocycles. The molecule has 224 valence electrons. The van der Waals surface area contributed by atoms with Crippen molar-refractivity contribution >= 4 is 5.97 Å². The van der Waals surface area contributed by atoms with Gasteiger partial charge >= 0.3 is 5.97 Å². The fourth-order valence-electron chi connectivity index (χ4n) is 5.38. The molecule has 0 atom stereocenters. The lowest BCUT2D eigenvalue weighted by Gasteiger charge is -2.17. The number of methoxy groups -OCH3 is 1. The van der Waals surface area contributed by atoms with Gasteiger partial charge in [0.1, 0.15) is 17.0 Å². The Morgan fingerprint density at radius 3 is 2.17 bits per heavy atom. The van der Waals surface area contributed by atoms with Crippen LogP contribution in [0.15, 0.2) is 18.2 Å². The van der Waals surface area contributed by atoms with Crippen molar-refractivity contribution in [3.05, 3.63) is 40.6 Å². The van der Waals surface area contributed by atoms with Crippen LogP contribution in [0.2, 0.25) is 0 Å². The fourth-order valence-corrected chi connectivity index (χ4v) is 5.38. The number of rotatable bonds is 9. The molecule has 2 aliphatic rings. The average Bonchev–Trinajstić information content (AvgIpc) is 3.75. The van der Waals surface area contributed by atoms with E-state index in [4.69, 9.17) is 9.47 Å². The highest BCUT2D eigenvalue weighted by Gasteiger charge is 2.28. The number of carbonyl (C=O) groups excluding carboxylic acids is 1. The van der Waals surface area contributed by atoms with Crippen LogP contribution >= 0.6 is 0 Å². The number of nitrogens with zero attached hydrogens (tertiary/aromatic N) is 2. The second kappa shape index (κ2) is 16.7. The van der Waals surface area contributed by atoms with E-state index in [2.05, 4.69) is 49.2 Å². The summed E-state index contributed by atoms with van der Waals surface area (Å²) >= 11 is 0. The van der Waals surface area contributed by atoms with Gasteiger partial charge in [0, 0.05) is 12.5 Å². The zero-order chi connectivity index (χ0) is 29.7. The largest absolute Gasteiger partial charge is 0.496 e. The van der Waals surface area contributed by atoms with Gasteiger partial charge in [-0.15, -0.1) is 5.10 Å². The van der Waals surface area contributed by atoms with Gasteiger partial charge in [0.15, 0.2) is 0 Å². The summed E-state index contributed by atoms with van der Waals surface area (Å²) in [6, 6.07) is 6.77. The molecule has 2 aromatic rings. The highest BCUT2D eigenvalue weighted by atomic mass is 16.6. The van der Waals surface area contributed by atoms with Crippen molar-refractivity contribution in [2.75, 3.05) is 7.11 Å². The Morgan fingerprint density at radius 2 is 1.65 bits per heavy atom. The molecule has 5 heteroatoms. The first-order valence-corrected chi connectivity index (χ1v) is 15.8. The Hall–Kier alpha value is -2.43. The van der Waals surface area contributed by atoms with Crippen LogP contribution in [0.5, 0.6) is 5.75 Å². The lowest BCUT2D eigenvalue weighted by atomic mass is 9.96. The van der Waals surface area contributed by atoms with Gasteiger partial charge in [-0.2, -0.15) is 5.10 Å². The third kappa shape index (κ3) is 11.6. The molecule has 0 radical (unpaired) electrons. The summed E-state index contributed by atoms with van der Waals surface area (Å²) in [6.07, 6.45) is 15.9. The Balaban J connectivity index is 0.000000250. The van der Waals surface area contributed by atoms with Crippen LogP contribution < -0.4 is 4.74 Å². The number of benzene rings is 1. The van der Waals surface area contributed by atoms with Gasteiger partial charge in [0.25, 0.3) is 0 Å². The number of unbranched alkanes of at least 4 members (excludes halogenated alkanes) is 3. The minimum Gasteiger partial charge on any atom is -0.496 e. The predicted octanol–water partition coefficient (Wildman–Crippen LogP) is 9.57. The summed E-state index contributed by atoms with van der Waals surface area (Å²) in [5, 5.41) is 8.76. The van der Waals surface area contributed by atoms with E-state index in [9.17, 15) is 4.79 Å². The van der Waals surface area contributed by atoms with Crippen molar-refractivity contribution < 1.29 is 14.3 Å². The minimum atomic E-state index is -0.328. The molecule has 0 aliphatic heterocycles. The Labute approximate surface area is 244 Å². The molecule has 2 aliphatic carbocycles. The van der Waals surface area contributed by atoms with Crippen molar-refractivity contribution in [3.63, 3.8) is 0 Å². The average molecular weight is 553 g/mol. The summed E-state index contributed by atoms with van der Waals surface area (Å²) in [7, 11) is 1.76. The van der Waals surface area contributed by atoms with Gasteiger partial charge in [0.05, 0.1) is 12.8 Å². The van der Waals surface area contributed by atoms with Gasteiger partial charge in [-0.05, 0) is 100 Å². The minimum absolute atomic E-state index is 0.225. The SMILES string of the molecule is CC(=O)OC(C)(C)C.CCCCCCC(CC)CC.COc1cc(C2CC2)cc2c1-c1nnc(C)cc1CCC2. The Morgan fingerprint density at radius 1 is 0.975 bits per heavy atom. The van der Waals surface area contributed by atoms with Crippen LogP contribution in [-0.2, 0) is 22.4 Å². The first-order valence-electron chi connectivity index (χ1n) is 15.8. The molecular formula is C35H56N2O3. The van der Waals surface area contributed by atoms with Crippen LogP contribution in [-0.4, -0.2) is 28.9 Å². The summed E-state index contributed by atoms with van der Waals surface area (Å²) in [6.45, 7) is 15.8. The zero-order valence-electron chi connectivity index (χ0n) is 27.0. The molecule has 1 saturated carbocycles. The van der Waals surface area contributed by atoms with Crippen molar-refractivity contribution in [2.24, 2.45) is 5.92 Å². The van der Waals surface area contributed by atoms with E-state index < -0.39 is 0 Å². The van der Waals surface area contributed by atoms with Gasteiger partial charge < -0.3 is 9.47 Å². The van der Waals surface area contributed by atoms with E-state index in [1.54, 1.807) is 7.11 Å². The third-order valence-electron chi connectivity index (χ3n) is 7.67. The van der Waals surface area contributed by atoms with Crippen molar-refractivity contribution in [1.29, 1.82) is 0 Å². The maximum atomic E-state index is 10.2. The normalized spacial score (nSPS) is 14.1. The fraction of sp³-hybridized carbons (Fsp3) is 0.686. The van der Waals surface area contributed by atoms with Gasteiger partial charge in [-0.1, -0.05) is 71.8 Å². The number of aromatic nitrogens is 2. The number of ether oxygens (including phenoxy) is 2. The molecule has 0 bridgehead atoms. The number of aryl methyl sites for hydroxylation is 3. The number of carbonyl (C=O) groups is 1. The second-order valence-corrected chi connectivity index (χ2v) is 12.5. The summed E-state index contributed by atoms with van der Waals surface area (Å²) in [5.74, 6) is 2.50. The van der Waals surface area contributed by atoms with Crippen molar-refractivity contribution in [1.82, 2.24) is 10.2 Å². The van der Waals surface area contributed by atoms with E-state index in [1.807, 2.05) is 27.7 Å². The maximum absolute atomic E-state index is 10.2. The zero-order valence-corrected chi connectivity index (χ0v) is 27.0. The van der Waals surface area contributed by atoms with E-state index >= 15 is 0 Å². The molecule has 5 nitrogen and oxygen atoms in total. The van der Waals surface area contributed by atoms with Gasteiger partial charge in [-0.3, -0.25) is 4.79 Å². The molecular weight excluding hydrogens is 496 g/mol. The second-order valence-electron chi connectivity index (χ2n) is 12.5. The molecule has 0 saturated heterocycles. The molecule has 0 N–H and O–H groups in total. The number of hydrogen-bond donors (Lipinski definition) is 0. The van der Waals surface area contributed by atoms with Crippen molar-refractivity contribution in [3.8, 4) is 17.0 Å². The topological polar surface area (TPSA) is 61.3 Å². The molecule has 1 fully saturated rings. The molecule has 40 heavy (non-hydrogen) atoms. The highest BCUT2D eigenvalue weighted by molar-refractivity contribution is 5.75. The lowest BCUT2D eigenvalue weighted by molar-refractivity contribution is -0.151. The van der Waals surface area contributed by atoms with Crippen LogP contribution in [0, 0.1) is 12.8 Å². The van der Waals surface area contributed by atoms with E-state index in [1.165, 1.54) is 93.4 Å². The van der Waals surface area contributed by atoms with E-state index in [0.29, 0.717) is 0 Å². The standard InChI is InChI=1S/C18H20N2O.C11H24.C6H12O2/c1-11-8-14-5-3-4-13-9-15(12-6-7-12)10-16(21-2)17(13)18(14)20-19-11;1-4-7-8-9-10-11(5-2)6-3;1-5(7)8-6(2,3)4/h8-10,12H,3-7H2,1-2H3;11H,4-10H2,1-3H3;1-4H3. The molecule has 4 rings (SSSR count). The van der Waals surface area contributed by atoms with Crippen LogP contribution in [0.4, 0.5) is 0 Å². The molecule has 1 aromatic carbocycles. The summed E-state index contributed by atoms with van der Waals surface area (Å²) < 4.78 is 10.5. The monoisotopic (exact) mass is 552 g/mol. The smallest absolute Gasteiger partial charge is 0.303 e. The molecule has 0 amide bonds. The van der Waals surface area contributed by atoms with Gasteiger partial charge in [0.2, 0.25) is 0 Å².